The van der Waals surface area contributed by atoms with Crippen molar-refractivity contribution >= 4 is 31.9 Å². The van der Waals surface area contributed by atoms with Crippen LogP contribution in [0.25, 0.3) is 0 Å². The van der Waals surface area contributed by atoms with E-state index in [1.807, 2.05) is 0 Å². The first-order chi connectivity index (χ1) is 10.2. The van der Waals surface area contributed by atoms with Gasteiger partial charge in [-0.3, -0.25) is 0 Å². The van der Waals surface area contributed by atoms with E-state index in [1.165, 1.54) is 36.4 Å². The molecule has 0 atom stereocenters. The zero-order valence-corrected chi connectivity index (χ0v) is 14.3. The highest BCUT2D eigenvalue weighted by atomic mass is 79.9. The number of rotatable bonds is 0. The van der Waals surface area contributed by atoms with Crippen molar-refractivity contribution in [2.24, 2.45) is 0 Å². The minimum Gasteiger partial charge on any atom is -0.201 e. The third-order valence-corrected chi connectivity index (χ3v) is 5.25. The van der Waals surface area contributed by atoms with E-state index in [-0.39, 0.29) is 20.1 Å². The maximum absolute atomic E-state index is 14.4. The maximum atomic E-state index is 14.4. The molecule has 0 saturated heterocycles. The van der Waals surface area contributed by atoms with Gasteiger partial charge in [0, 0.05) is 32.9 Å². The Hall–Kier alpha value is -0.880. The molecule has 6 heteroatoms. The number of hydrogen-bond donors (Lipinski definition) is 0. The van der Waals surface area contributed by atoms with E-state index in [9.17, 15) is 17.6 Å². The van der Waals surface area contributed by atoms with Crippen LogP contribution >= 0.6 is 31.9 Å². The quantitative estimate of drug-likeness (QED) is 0.431. The summed E-state index contributed by atoms with van der Waals surface area (Å²) in [5.41, 5.74) is 0.210. The van der Waals surface area contributed by atoms with Gasteiger partial charge in [0.05, 0.1) is 0 Å². The summed E-state index contributed by atoms with van der Waals surface area (Å²) in [6.45, 7) is 0. The Morgan fingerprint density at radius 3 is 1.36 bits per heavy atom. The second-order valence-corrected chi connectivity index (χ2v) is 7.08. The molecule has 6 rings (SSSR count). The summed E-state index contributed by atoms with van der Waals surface area (Å²) >= 11 is 6.26. The van der Waals surface area contributed by atoms with Crippen molar-refractivity contribution in [3.05, 3.63) is 67.6 Å². The Labute approximate surface area is 141 Å². The van der Waals surface area contributed by atoms with Gasteiger partial charge in [0.25, 0.3) is 11.8 Å². The lowest BCUT2D eigenvalue weighted by atomic mass is 9.93. The summed E-state index contributed by atoms with van der Waals surface area (Å²) in [6, 6.07) is 7.57. The molecule has 22 heavy (non-hydrogen) atoms. The van der Waals surface area contributed by atoms with Crippen molar-refractivity contribution in [1.82, 2.24) is 0 Å². The third kappa shape index (κ3) is 2.83. The lowest BCUT2D eigenvalue weighted by Gasteiger charge is -2.23. The molecule has 0 saturated carbocycles. The van der Waals surface area contributed by atoms with E-state index in [0.29, 0.717) is 11.1 Å². The lowest BCUT2D eigenvalue weighted by molar-refractivity contribution is -0.00693. The van der Waals surface area contributed by atoms with Crippen LogP contribution in [0.2, 0.25) is 0 Å². The van der Waals surface area contributed by atoms with Crippen LogP contribution in [-0.4, -0.2) is 0 Å². The predicted octanol–water partition coefficient (Wildman–Crippen LogP) is 6.19. The number of hydrogen-bond acceptors (Lipinski definition) is 0. The first-order valence-electron chi connectivity index (χ1n) is 6.52. The second-order valence-electron chi connectivity index (χ2n) is 5.37. The van der Waals surface area contributed by atoms with Crippen molar-refractivity contribution in [1.29, 1.82) is 0 Å². The molecular weight excluding hydrogens is 428 g/mol. The largest absolute Gasteiger partial charge is 0.277 e. The number of benzene rings is 2. The van der Waals surface area contributed by atoms with Gasteiger partial charge in [-0.15, -0.1) is 0 Å². The van der Waals surface area contributed by atoms with Crippen molar-refractivity contribution < 1.29 is 17.6 Å². The Balaban J connectivity index is 2.24. The summed E-state index contributed by atoms with van der Waals surface area (Å²) in [4.78, 5) is 0. The first-order valence-corrected chi connectivity index (χ1v) is 8.11. The SMILES string of the molecule is FC1(F)Cc2ccc(cc2Br)C(F)(F)Cc2ccc1cc2Br. The van der Waals surface area contributed by atoms with Crippen LogP contribution in [0.15, 0.2) is 45.3 Å². The van der Waals surface area contributed by atoms with Gasteiger partial charge < -0.3 is 0 Å². The van der Waals surface area contributed by atoms with Gasteiger partial charge in [-0.05, 0) is 23.3 Å². The highest BCUT2D eigenvalue weighted by Crippen LogP contribution is 2.41. The molecule has 0 aromatic heterocycles. The minimum absolute atomic E-state index is 0.192. The molecule has 2 aromatic carbocycles. The van der Waals surface area contributed by atoms with Crippen LogP contribution < -0.4 is 0 Å². The Kier molecular flexibility index (Phi) is 3.88. The van der Waals surface area contributed by atoms with E-state index in [2.05, 4.69) is 31.9 Å². The summed E-state index contributed by atoms with van der Waals surface area (Å²) < 4.78 is 58.2. The van der Waals surface area contributed by atoms with Crippen LogP contribution in [-0.2, 0) is 24.7 Å². The normalized spacial score (nSPS) is 18.8. The molecule has 4 aliphatic rings. The highest BCUT2D eigenvalue weighted by Gasteiger charge is 2.37. The van der Waals surface area contributed by atoms with Crippen LogP contribution in [0.3, 0.4) is 0 Å². The van der Waals surface area contributed by atoms with Gasteiger partial charge in [0.15, 0.2) is 0 Å². The average Bonchev–Trinajstić information content (AvgIpc) is 2.41. The molecule has 0 amide bonds. The van der Waals surface area contributed by atoms with Crippen molar-refractivity contribution in [3.8, 4) is 0 Å². The molecule has 2 aromatic rings. The summed E-state index contributed by atoms with van der Waals surface area (Å²) in [6.07, 6.45) is -1.10. The summed E-state index contributed by atoms with van der Waals surface area (Å²) in [5.74, 6) is -6.15. The van der Waals surface area contributed by atoms with Gasteiger partial charge in [-0.2, -0.15) is 0 Å². The molecule has 0 N–H and O–H groups in total. The monoisotopic (exact) mass is 436 g/mol. The zero-order valence-electron chi connectivity index (χ0n) is 11.1. The van der Waals surface area contributed by atoms with E-state index in [0.717, 1.165) is 0 Å². The average molecular weight is 438 g/mol. The third-order valence-electron chi connectivity index (χ3n) is 3.78. The standard InChI is InChI=1S/C16H10Br2F4/c17-13-5-11-3-1-9(13)7-15(19,20)12-4-2-10(14(18)6-12)8-16(11,21)22/h1-6H,7-8H2. The molecule has 0 fully saturated rings. The van der Waals surface area contributed by atoms with Crippen molar-refractivity contribution in [2.45, 2.75) is 24.7 Å². The fraction of sp³-hybridized carbons (Fsp3) is 0.250. The number of halogens is 6. The van der Waals surface area contributed by atoms with Crippen LogP contribution in [0.1, 0.15) is 22.3 Å². The van der Waals surface area contributed by atoms with E-state index < -0.39 is 24.7 Å². The molecule has 0 spiro atoms. The van der Waals surface area contributed by atoms with E-state index >= 15 is 0 Å². The predicted molar refractivity (Wildman–Crippen MR) is 83.5 cm³/mol. The Morgan fingerprint density at radius 2 is 1.05 bits per heavy atom. The van der Waals surface area contributed by atoms with Gasteiger partial charge in [0.1, 0.15) is 0 Å². The molecule has 0 aliphatic heterocycles. The van der Waals surface area contributed by atoms with Gasteiger partial charge >= 0.3 is 0 Å². The van der Waals surface area contributed by atoms with Gasteiger partial charge in [-0.25, -0.2) is 17.6 Å². The summed E-state index contributed by atoms with van der Waals surface area (Å²) in [5, 5.41) is 0. The molecule has 0 heterocycles. The maximum Gasteiger partial charge on any atom is 0.277 e. The smallest absolute Gasteiger partial charge is 0.201 e. The summed E-state index contributed by atoms with van der Waals surface area (Å²) in [7, 11) is 0. The zero-order chi connectivity index (χ0) is 16.1. The van der Waals surface area contributed by atoms with Crippen molar-refractivity contribution in [3.63, 3.8) is 0 Å². The fourth-order valence-corrected chi connectivity index (χ4v) is 3.56. The van der Waals surface area contributed by atoms with Crippen LogP contribution in [0.5, 0.6) is 0 Å². The van der Waals surface area contributed by atoms with Crippen LogP contribution in [0, 0.1) is 0 Å². The fourth-order valence-electron chi connectivity index (χ4n) is 2.52. The second kappa shape index (κ2) is 5.34. The minimum atomic E-state index is -3.08. The molecule has 0 nitrogen and oxygen atoms in total. The highest BCUT2D eigenvalue weighted by molar-refractivity contribution is 9.10. The Morgan fingerprint density at radius 1 is 0.682 bits per heavy atom. The van der Waals surface area contributed by atoms with E-state index in [1.54, 1.807) is 0 Å². The molecule has 0 radical (unpaired) electrons. The molecule has 4 aliphatic carbocycles. The van der Waals surface area contributed by atoms with E-state index in [4.69, 9.17) is 0 Å². The first kappa shape index (κ1) is 16.0. The molecule has 0 unspecified atom stereocenters. The topological polar surface area (TPSA) is 0 Å². The van der Waals surface area contributed by atoms with Crippen molar-refractivity contribution in [2.75, 3.05) is 0 Å². The van der Waals surface area contributed by atoms with Crippen LogP contribution in [0.4, 0.5) is 17.6 Å². The Bertz CT molecular complexity index is 677. The lowest BCUT2D eigenvalue weighted by Crippen LogP contribution is -2.21. The molecule has 116 valence electrons. The molecule has 4 bridgehead atoms. The van der Waals surface area contributed by atoms with Gasteiger partial charge in [-0.1, -0.05) is 56.1 Å². The molecular formula is C16H10Br2F4. The number of alkyl halides is 4. The van der Waals surface area contributed by atoms with Gasteiger partial charge in [0.2, 0.25) is 0 Å².